The molecule has 0 N–H and O–H groups in total. The van der Waals surface area contributed by atoms with Crippen LogP contribution in [0.2, 0.25) is 0 Å². The second kappa shape index (κ2) is 5.66. The van der Waals surface area contributed by atoms with Gasteiger partial charge in [0, 0.05) is 13.1 Å². The second-order valence-electron chi connectivity index (χ2n) is 6.12. The van der Waals surface area contributed by atoms with Gasteiger partial charge in [0.1, 0.15) is 5.82 Å². The third-order valence-electron chi connectivity index (χ3n) is 3.69. The summed E-state index contributed by atoms with van der Waals surface area (Å²) in [4.78, 5) is 13.5. The number of nitrogens with zero attached hydrogens (tertiary/aromatic N) is 1. The van der Waals surface area contributed by atoms with Gasteiger partial charge in [-0.05, 0) is 24.5 Å². The first-order valence-electron chi connectivity index (χ1n) is 6.50. The molecule has 0 spiro atoms. The number of alkyl halides is 3. The fourth-order valence-corrected chi connectivity index (χ4v) is 1.86. The lowest BCUT2D eigenvalue weighted by atomic mass is 9.87. The molecule has 0 saturated carbocycles. The third kappa shape index (κ3) is 3.74. The molecule has 2 nitrogen and oxygen atoms in total. The van der Waals surface area contributed by atoms with Crippen LogP contribution in [0, 0.1) is 11.2 Å². The fourth-order valence-electron chi connectivity index (χ4n) is 1.86. The van der Waals surface area contributed by atoms with Crippen LogP contribution in [0.3, 0.4) is 0 Å². The molecule has 1 amide bonds. The Bertz CT molecular complexity index is 531. The Labute approximate surface area is 121 Å². The Morgan fingerprint density at radius 3 is 2.14 bits per heavy atom. The number of rotatable bonds is 2. The number of hydrogen-bond donors (Lipinski definition) is 0. The zero-order chi connectivity index (χ0) is 16.6. The molecule has 0 saturated heterocycles. The van der Waals surface area contributed by atoms with E-state index in [1.807, 2.05) is 20.8 Å². The number of benzene rings is 1. The first-order chi connectivity index (χ1) is 9.37. The van der Waals surface area contributed by atoms with Crippen LogP contribution in [0.4, 0.5) is 17.6 Å². The largest absolute Gasteiger partial charge is 0.419 e. The molecule has 1 aromatic carbocycles. The molecule has 118 valence electrons. The Morgan fingerprint density at radius 2 is 1.71 bits per heavy atom. The monoisotopic (exact) mass is 305 g/mol. The van der Waals surface area contributed by atoms with E-state index in [1.54, 1.807) is 6.92 Å². The van der Waals surface area contributed by atoms with Crippen LogP contribution in [0.5, 0.6) is 0 Å². The molecular weight excluding hydrogens is 286 g/mol. The number of carbonyl (C=O) groups is 1. The predicted molar refractivity (Wildman–Crippen MR) is 72.4 cm³/mol. The summed E-state index contributed by atoms with van der Waals surface area (Å²) in [7, 11) is 1.46. The first kappa shape index (κ1) is 17.5. The van der Waals surface area contributed by atoms with Crippen LogP contribution in [-0.2, 0) is 6.18 Å². The number of hydrogen-bond acceptors (Lipinski definition) is 1. The van der Waals surface area contributed by atoms with E-state index < -0.39 is 29.0 Å². The van der Waals surface area contributed by atoms with Crippen LogP contribution in [-0.4, -0.2) is 23.9 Å². The van der Waals surface area contributed by atoms with Crippen molar-refractivity contribution in [1.29, 1.82) is 0 Å². The van der Waals surface area contributed by atoms with Crippen molar-refractivity contribution in [3.63, 3.8) is 0 Å². The quantitative estimate of drug-likeness (QED) is 0.744. The predicted octanol–water partition coefficient (Wildman–Crippen LogP) is 4.35. The van der Waals surface area contributed by atoms with Gasteiger partial charge in [0.05, 0.1) is 11.1 Å². The van der Waals surface area contributed by atoms with Gasteiger partial charge < -0.3 is 4.90 Å². The summed E-state index contributed by atoms with van der Waals surface area (Å²) in [5, 5.41) is 0. The van der Waals surface area contributed by atoms with E-state index in [0.717, 1.165) is 12.1 Å². The Balaban J connectivity index is 3.21. The minimum Gasteiger partial charge on any atom is -0.338 e. The second-order valence-corrected chi connectivity index (χ2v) is 6.12. The van der Waals surface area contributed by atoms with Gasteiger partial charge in [-0.2, -0.15) is 13.2 Å². The molecule has 0 radical (unpaired) electrons. The molecule has 6 heteroatoms. The van der Waals surface area contributed by atoms with E-state index >= 15 is 0 Å². The lowest BCUT2D eigenvalue weighted by Crippen LogP contribution is -2.43. The Morgan fingerprint density at radius 1 is 1.19 bits per heavy atom. The molecule has 0 bridgehead atoms. The zero-order valence-electron chi connectivity index (χ0n) is 12.7. The van der Waals surface area contributed by atoms with Crippen molar-refractivity contribution in [2.24, 2.45) is 5.41 Å². The molecule has 0 aromatic heterocycles. The lowest BCUT2D eigenvalue weighted by Gasteiger charge is -2.35. The topological polar surface area (TPSA) is 20.3 Å². The van der Waals surface area contributed by atoms with Crippen molar-refractivity contribution in [3.05, 3.63) is 35.1 Å². The van der Waals surface area contributed by atoms with E-state index in [2.05, 4.69) is 0 Å². The molecule has 1 rings (SSSR count). The Hall–Kier alpha value is -1.59. The molecule has 1 atom stereocenters. The molecule has 0 fully saturated rings. The zero-order valence-corrected chi connectivity index (χ0v) is 12.7. The van der Waals surface area contributed by atoms with E-state index in [1.165, 1.54) is 11.9 Å². The SMILES string of the molecule is CC(N(C)C(=O)c1cccc(C(F)(F)F)c1F)C(C)(C)C. The highest BCUT2D eigenvalue weighted by Crippen LogP contribution is 2.33. The highest BCUT2D eigenvalue weighted by atomic mass is 19.4. The van der Waals surface area contributed by atoms with Gasteiger partial charge in [0.2, 0.25) is 0 Å². The van der Waals surface area contributed by atoms with Gasteiger partial charge in [-0.25, -0.2) is 4.39 Å². The maximum absolute atomic E-state index is 14.0. The molecule has 1 aromatic rings. The number of halogens is 4. The van der Waals surface area contributed by atoms with Crippen molar-refractivity contribution >= 4 is 5.91 Å². The highest BCUT2D eigenvalue weighted by molar-refractivity contribution is 5.94. The summed E-state index contributed by atoms with van der Waals surface area (Å²) < 4.78 is 52.0. The minimum atomic E-state index is -4.82. The van der Waals surface area contributed by atoms with Crippen LogP contribution in [0.1, 0.15) is 43.6 Å². The van der Waals surface area contributed by atoms with Crippen LogP contribution in [0.15, 0.2) is 18.2 Å². The summed E-state index contributed by atoms with van der Waals surface area (Å²) in [5.74, 6) is -2.29. The molecule has 1 unspecified atom stereocenters. The third-order valence-corrected chi connectivity index (χ3v) is 3.69. The van der Waals surface area contributed by atoms with E-state index in [0.29, 0.717) is 6.07 Å². The average molecular weight is 305 g/mol. The summed E-state index contributed by atoms with van der Waals surface area (Å²) in [6, 6.07) is 2.46. The number of amides is 1. The van der Waals surface area contributed by atoms with Crippen molar-refractivity contribution in [1.82, 2.24) is 4.90 Å². The summed E-state index contributed by atoms with van der Waals surface area (Å²) >= 11 is 0. The maximum atomic E-state index is 14.0. The van der Waals surface area contributed by atoms with Gasteiger partial charge in [-0.15, -0.1) is 0 Å². The molecule has 0 heterocycles. The van der Waals surface area contributed by atoms with Crippen molar-refractivity contribution < 1.29 is 22.4 Å². The van der Waals surface area contributed by atoms with E-state index in [4.69, 9.17) is 0 Å². The Kier molecular flexibility index (Phi) is 4.70. The van der Waals surface area contributed by atoms with Crippen molar-refractivity contribution in [2.75, 3.05) is 7.05 Å². The summed E-state index contributed by atoms with van der Waals surface area (Å²) in [5.41, 5.74) is -2.27. The molecule has 0 aliphatic carbocycles. The maximum Gasteiger partial charge on any atom is 0.419 e. The van der Waals surface area contributed by atoms with E-state index in [9.17, 15) is 22.4 Å². The summed E-state index contributed by atoms with van der Waals surface area (Å²) in [6.45, 7) is 7.45. The molecular formula is C15H19F4NO. The van der Waals surface area contributed by atoms with Crippen LogP contribution < -0.4 is 0 Å². The fraction of sp³-hybridized carbons (Fsp3) is 0.533. The molecule has 0 aliphatic heterocycles. The van der Waals surface area contributed by atoms with Crippen molar-refractivity contribution in [3.8, 4) is 0 Å². The minimum absolute atomic E-state index is 0.265. The van der Waals surface area contributed by atoms with Gasteiger partial charge in [-0.3, -0.25) is 4.79 Å². The van der Waals surface area contributed by atoms with Gasteiger partial charge in [-0.1, -0.05) is 26.8 Å². The van der Waals surface area contributed by atoms with Gasteiger partial charge in [0.25, 0.3) is 5.91 Å². The smallest absolute Gasteiger partial charge is 0.338 e. The standard InChI is InChI=1S/C15H19F4NO/c1-9(14(2,3)4)20(5)13(21)10-7-6-8-11(12(10)16)15(17,18)19/h6-9H,1-5H3. The highest BCUT2D eigenvalue weighted by Gasteiger charge is 2.37. The van der Waals surface area contributed by atoms with Crippen LogP contribution >= 0.6 is 0 Å². The normalized spacial score (nSPS) is 14.0. The first-order valence-corrected chi connectivity index (χ1v) is 6.50. The molecule has 0 aliphatic rings. The summed E-state index contributed by atoms with van der Waals surface area (Å²) in [6.07, 6.45) is -4.82. The number of carbonyl (C=O) groups excluding carboxylic acids is 1. The van der Waals surface area contributed by atoms with Gasteiger partial charge >= 0.3 is 6.18 Å². The average Bonchev–Trinajstić information content (AvgIpc) is 2.34. The van der Waals surface area contributed by atoms with Crippen LogP contribution in [0.25, 0.3) is 0 Å². The van der Waals surface area contributed by atoms with Gasteiger partial charge in [0.15, 0.2) is 0 Å². The molecule has 21 heavy (non-hydrogen) atoms. The lowest BCUT2D eigenvalue weighted by molar-refractivity contribution is -0.140. The van der Waals surface area contributed by atoms with E-state index in [-0.39, 0.29) is 11.5 Å². The van der Waals surface area contributed by atoms with Crippen molar-refractivity contribution in [2.45, 2.75) is 39.9 Å².